The van der Waals surface area contributed by atoms with Crippen LogP contribution in [0.15, 0.2) is 42.7 Å². The van der Waals surface area contributed by atoms with Crippen LogP contribution in [0.4, 0.5) is 13.2 Å². The molecule has 2 aromatic rings. The first-order valence-electron chi connectivity index (χ1n) is 12.9. The first kappa shape index (κ1) is 27.0. The van der Waals surface area contributed by atoms with E-state index in [-0.39, 0.29) is 35.7 Å². The Kier molecular flexibility index (Phi) is 6.38. The van der Waals surface area contributed by atoms with Gasteiger partial charge in [0.2, 0.25) is 11.8 Å². The highest BCUT2D eigenvalue weighted by Crippen LogP contribution is 2.51. The Bertz CT molecular complexity index is 1290. The summed E-state index contributed by atoms with van der Waals surface area (Å²) in [5.41, 5.74) is -1.06. The van der Waals surface area contributed by atoms with E-state index < -0.39 is 40.9 Å². The van der Waals surface area contributed by atoms with Gasteiger partial charge in [0, 0.05) is 42.3 Å². The third kappa shape index (κ3) is 5.44. The van der Waals surface area contributed by atoms with Crippen LogP contribution in [0.1, 0.15) is 75.7 Å². The van der Waals surface area contributed by atoms with E-state index in [0.717, 1.165) is 12.1 Å². The lowest BCUT2D eigenvalue weighted by atomic mass is 9.88. The Morgan fingerprint density at radius 3 is 2.64 bits per heavy atom. The Balaban J connectivity index is 1.40. The summed E-state index contributed by atoms with van der Waals surface area (Å²) in [6.45, 7) is 7.35. The summed E-state index contributed by atoms with van der Waals surface area (Å²) in [6.07, 6.45) is -0.330. The van der Waals surface area contributed by atoms with Gasteiger partial charge in [0.1, 0.15) is 11.4 Å². The minimum absolute atomic E-state index is 0.0315. The van der Waals surface area contributed by atoms with Crippen molar-refractivity contribution in [3.8, 4) is 5.75 Å². The van der Waals surface area contributed by atoms with Crippen molar-refractivity contribution in [3.05, 3.63) is 59.4 Å². The molecule has 1 aliphatic carbocycles. The van der Waals surface area contributed by atoms with Gasteiger partial charge in [0.15, 0.2) is 5.96 Å². The molecule has 1 aromatic carbocycles. The maximum atomic E-state index is 13.5. The molecule has 0 bridgehead atoms. The van der Waals surface area contributed by atoms with Gasteiger partial charge in [-0.15, -0.1) is 0 Å². The molecule has 1 saturated carbocycles. The molecule has 8 nitrogen and oxygen atoms in total. The summed E-state index contributed by atoms with van der Waals surface area (Å²) in [4.78, 5) is 32.3. The van der Waals surface area contributed by atoms with Gasteiger partial charge in [0.25, 0.3) is 0 Å². The molecule has 3 heterocycles. The highest BCUT2D eigenvalue weighted by molar-refractivity contribution is 5.99. The maximum absolute atomic E-state index is 13.5. The third-order valence-electron chi connectivity index (χ3n) is 7.56. The molecule has 2 fully saturated rings. The number of rotatable bonds is 5. The zero-order valence-electron chi connectivity index (χ0n) is 22.2. The number of benzene rings is 1. The number of alkyl halides is 3. The molecule has 11 heteroatoms. The third-order valence-corrected chi connectivity index (χ3v) is 7.56. The zero-order chi connectivity index (χ0) is 28.3. The summed E-state index contributed by atoms with van der Waals surface area (Å²) in [6, 6.07) is 5.64. The van der Waals surface area contributed by atoms with E-state index in [9.17, 15) is 22.8 Å². The number of aromatic nitrogens is 1. The van der Waals surface area contributed by atoms with Crippen LogP contribution in [0.25, 0.3) is 0 Å². The molecule has 0 radical (unpaired) electrons. The van der Waals surface area contributed by atoms with Gasteiger partial charge >= 0.3 is 6.18 Å². The highest BCUT2D eigenvalue weighted by atomic mass is 19.4. The average molecular weight is 544 g/mol. The van der Waals surface area contributed by atoms with Crippen molar-refractivity contribution in [2.24, 2.45) is 11.8 Å². The lowest BCUT2D eigenvalue weighted by Crippen LogP contribution is -2.60. The number of pyridine rings is 1. The number of carbonyl (C=O) groups excluding carboxylic acids is 2. The number of nitrogens with one attached hydrogen (secondary N) is 3. The minimum atomic E-state index is -4.52. The van der Waals surface area contributed by atoms with Gasteiger partial charge in [-0.05, 0) is 69.9 Å². The summed E-state index contributed by atoms with van der Waals surface area (Å²) >= 11 is 0. The first-order valence-corrected chi connectivity index (χ1v) is 12.9. The Morgan fingerprint density at radius 2 is 2.00 bits per heavy atom. The predicted molar refractivity (Wildman–Crippen MR) is 137 cm³/mol. The van der Waals surface area contributed by atoms with Crippen LogP contribution in [-0.2, 0) is 15.8 Å². The van der Waals surface area contributed by atoms with Gasteiger partial charge in [-0.1, -0.05) is 6.07 Å². The first-order chi connectivity index (χ1) is 18.2. The van der Waals surface area contributed by atoms with Crippen LogP contribution in [0.5, 0.6) is 5.75 Å². The van der Waals surface area contributed by atoms with E-state index in [4.69, 9.17) is 10.1 Å². The van der Waals surface area contributed by atoms with Crippen molar-refractivity contribution in [2.75, 3.05) is 0 Å². The summed E-state index contributed by atoms with van der Waals surface area (Å²) in [5.74, 6) is -1.00. The number of hydrogen-bond acceptors (Lipinski definition) is 5. The van der Waals surface area contributed by atoms with E-state index >= 15 is 0 Å². The predicted octanol–water partition coefficient (Wildman–Crippen LogP) is 4.73. The van der Waals surface area contributed by atoms with Crippen molar-refractivity contribution in [1.29, 1.82) is 5.41 Å². The van der Waals surface area contributed by atoms with Crippen molar-refractivity contribution in [2.45, 2.75) is 76.4 Å². The van der Waals surface area contributed by atoms with Crippen LogP contribution < -0.4 is 15.4 Å². The number of carbonyl (C=O) groups is 2. The SMILES string of the molecule is CC1(C)CC(=O)N([C@H](c2cccnc2)[C@@H]2C[C@H]2C(=O)NC2CC(C)(C)Oc3ccc(C(F)(F)F)cc32)C(=N)N1. The molecule has 208 valence electrons. The topological polar surface area (TPSA) is 107 Å². The lowest BCUT2D eigenvalue weighted by molar-refractivity contribution is -0.137. The quantitative estimate of drug-likeness (QED) is 0.506. The molecule has 3 N–H and O–H groups in total. The van der Waals surface area contributed by atoms with Gasteiger partial charge in [-0.3, -0.25) is 24.9 Å². The molecule has 5 rings (SSSR count). The maximum Gasteiger partial charge on any atom is 0.416 e. The molecule has 2 amide bonds. The summed E-state index contributed by atoms with van der Waals surface area (Å²) in [7, 11) is 0. The number of hydrogen-bond donors (Lipinski definition) is 3. The van der Waals surface area contributed by atoms with Crippen LogP contribution in [0, 0.1) is 17.2 Å². The van der Waals surface area contributed by atoms with Gasteiger partial charge < -0.3 is 15.4 Å². The summed E-state index contributed by atoms with van der Waals surface area (Å²) in [5, 5.41) is 14.6. The number of guanidine groups is 1. The number of fused-ring (bicyclic) bond motifs is 1. The fourth-order valence-electron chi connectivity index (χ4n) is 5.75. The van der Waals surface area contributed by atoms with Gasteiger partial charge in [-0.2, -0.15) is 13.2 Å². The normalized spacial score (nSPS) is 26.1. The molecular weight excluding hydrogens is 511 g/mol. The van der Waals surface area contributed by atoms with Crippen LogP contribution >= 0.6 is 0 Å². The fourth-order valence-corrected chi connectivity index (χ4v) is 5.75. The van der Waals surface area contributed by atoms with Gasteiger partial charge in [0.05, 0.1) is 17.6 Å². The number of ether oxygens (including phenoxy) is 1. The van der Waals surface area contributed by atoms with E-state index in [0.29, 0.717) is 24.2 Å². The minimum Gasteiger partial charge on any atom is -0.487 e. The Labute approximate surface area is 224 Å². The fraction of sp³-hybridized carbons (Fsp3) is 0.500. The highest BCUT2D eigenvalue weighted by Gasteiger charge is 2.54. The molecular formula is C28H32F3N5O3. The van der Waals surface area contributed by atoms with E-state index in [2.05, 4.69) is 15.6 Å². The number of amides is 2. The van der Waals surface area contributed by atoms with E-state index in [1.54, 1.807) is 18.5 Å². The molecule has 1 saturated heterocycles. The molecule has 2 aliphatic heterocycles. The van der Waals surface area contributed by atoms with Crippen molar-refractivity contribution in [3.63, 3.8) is 0 Å². The Hall–Kier alpha value is -3.63. The lowest BCUT2D eigenvalue weighted by Gasteiger charge is -2.42. The number of nitrogens with zero attached hydrogens (tertiary/aromatic N) is 2. The average Bonchev–Trinajstić information content (AvgIpc) is 3.60. The molecule has 1 unspecified atom stereocenters. The van der Waals surface area contributed by atoms with Crippen molar-refractivity contribution < 1.29 is 27.5 Å². The summed E-state index contributed by atoms with van der Waals surface area (Å²) < 4.78 is 46.2. The van der Waals surface area contributed by atoms with Crippen molar-refractivity contribution in [1.82, 2.24) is 20.5 Å². The van der Waals surface area contributed by atoms with Gasteiger partial charge in [-0.25, -0.2) is 0 Å². The monoisotopic (exact) mass is 543 g/mol. The Morgan fingerprint density at radius 1 is 1.26 bits per heavy atom. The second-order valence-corrected chi connectivity index (χ2v) is 11.9. The van der Waals surface area contributed by atoms with Crippen molar-refractivity contribution >= 4 is 17.8 Å². The molecule has 4 atom stereocenters. The molecule has 0 spiro atoms. The molecule has 39 heavy (non-hydrogen) atoms. The van der Waals surface area contributed by atoms with Crippen LogP contribution in [0.3, 0.4) is 0 Å². The standard InChI is InChI=1S/C28H32F3N5O3/c1-26(2)13-22(37)36(25(32)35-26)23(15-6-5-9-33-14-15)17-11-18(17)24(38)34-20-12-27(3,4)39-21-8-7-16(10-19(20)21)28(29,30)31/h5-10,14,17-18,20,23H,11-13H2,1-4H3,(H2,32,35)(H,34,38)/t17-,18-,20?,23-/m1/s1. The second-order valence-electron chi connectivity index (χ2n) is 11.9. The largest absolute Gasteiger partial charge is 0.487 e. The molecule has 3 aliphatic rings. The zero-order valence-corrected chi connectivity index (χ0v) is 22.2. The van der Waals surface area contributed by atoms with E-state index in [1.807, 2.05) is 33.8 Å². The van der Waals surface area contributed by atoms with Crippen LogP contribution in [-0.4, -0.2) is 38.8 Å². The van der Waals surface area contributed by atoms with E-state index in [1.165, 1.54) is 11.0 Å². The van der Waals surface area contributed by atoms with Crippen LogP contribution in [0.2, 0.25) is 0 Å². The number of halogens is 3. The molecule has 1 aromatic heterocycles. The smallest absolute Gasteiger partial charge is 0.416 e. The second kappa shape index (κ2) is 9.24.